The van der Waals surface area contributed by atoms with Gasteiger partial charge in [0.15, 0.2) is 11.6 Å². The molecule has 2 aromatic heterocycles. The lowest BCUT2D eigenvalue weighted by Gasteiger charge is -2.13. The fraction of sp³-hybridized carbons (Fsp3) is 0. The average molecular weight is 615 g/mol. The van der Waals surface area contributed by atoms with E-state index in [2.05, 4.69) is 90.0 Å². The van der Waals surface area contributed by atoms with Crippen LogP contribution in [-0.2, 0) is 0 Å². The van der Waals surface area contributed by atoms with Gasteiger partial charge in [-0.05, 0) is 45.2 Å². The molecule has 0 aliphatic carbocycles. The van der Waals surface area contributed by atoms with E-state index >= 15 is 0 Å². The summed E-state index contributed by atoms with van der Waals surface area (Å²) in [6, 6.07) is 53.7. The molecule has 224 valence electrons. The third-order valence-corrected chi connectivity index (χ3v) is 8.64. The zero-order valence-electron chi connectivity index (χ0n) is 25.7. The molecular weight excluding hydrogens is 589 g/mol. The zero-order chi connectivity index (χ0) is 31.9. The van der Waals surface area contributed by atoms with Crippen LogP contribution in [0.25, 0.3) is 89.3 Å². The van der Waals surface area contributed by atoms with Crippen molar-refractivity contribution in [2.24, 2.45) is 0 Å². The quantitative estimate of drug-likeness (QED) is 0.180. The van der Waals surface area contributed by atoms with E-state index in [1.54, 1.807) is 0 Å². The van der Waals surface area contributed by atoms with Gasteiger partial charge < -0.3 is 0 Å². The van der Waals surface area contributed by atoms with Crippen molar-refractivity contribution in [3.8, 4) is 56.7 Å². The van der Waals surface area contributed by atoms with Gasteiger partial charge in [-0.3, -0.25) is 0 Å². The van der Waals surface area contributed by atoms with Crippen LogP contribution in [0.5, 0.6) is 0 Å². The Morgan fingerprint density at radius 3 is 1.15 bits per heavy atom. The Balaban J connectivity index is 1.30. The lowest BCUT2D eigenvalue weighted by Crippen LogP contribution is -2.04. The van der Waals surface area contributed by atoms with Gasteiger partial charge in [-0.15, -0.1) is 10.2 Å². The van der Waals surface area contributed by atoms with Crippen LogP contribution in [0.3, 0.4) is 0 Å². The zero-order valence-corrected chi connectivity index (χ0v) is 25.7. The normalized spacial score (nSPS) is 11.3. The van der Waals surface area contributed by atoms with Crippen molar-refractivity contribution in [3.63, 3.8) is 0 Å². The predicted molar refractivity (Wildman–Crippen MR) is 193 cm³/mol. The first-order valence-electron chi connectivity index (χ1n) is 15.8. The molecule has 9 rings (SSSR count). The van der Waals surface area contributed by atoms with Gasteiger partial charge in [-0.25, -0.2) is 19.9 Å². The molecule has 6 nitrogen and oxygen atoms in total. The second kappa shape index (κ2) is 11.6. The van der Waals surface area contributed by atoms with Crippen molar-refractivity contribution in [3.05, 3.63) is 158 Å². The van der Waals surface area contributed by atoms with E-state index in [0.717, 1.165) is 66.0 Å². The number of benzene rings is 7. The SMILES string of the molecule is c1ccc(-c2ccc3c(c2)c2cc(-c4ccccc4)ccc2c2nc(-c4nc(-c5ccccc5)nc(-c5ccccc5)n4)nnc32)cc1. The van der Waals surface area contributed by atoms with Gasteiger partial charge in [-0.2, -0.15) is 0 Å². The molecule has 2 heterocycles. The summed E-state index contributed by atoms with van der Waals surface area (Å²) in [6.45, 7) is 0. The lowest BCUT2D eigenvalue weighted by molar-refractivity contribution is 0.983. The van der Waals surface area contributed by atoms with E-state index < -0.39 is 0 Å². The number of aromatic nitrogens is 6. The minimum Gasteiger partial charge on any atom is -0.221 e. The summed E-state index contributed by atoms with van der Waals surface area (Å²) in [5, 5.41) is 13.6. The van der Waals surface area contributed by atoms with Crippen LogP contribution < -0.4 is 0 Å². The van der Waals surface area contributed by atoms with Crippen molar-refractivity contribution in [1.29, 1.82) is 0 Å². The van der Waals surface area contributed by atoms with Gasteiger partial charge in [0.25, 0.3) is 0 Å². The molecule has 6 heteroatoms. The Morgan fingerprint density at radius 2 is 0.667 bits per heavy atom. The van der Waals surface area contributed by atoms with Gasteiger partial charge in [0.1, 0.15) is 11.0 Å². The summed E-state index contributed by atoms with van der Waals surface area (Å²) in [5.41, 5.74) is 7.82. The maximum atomic E-state index is 5.15. The second-order valence-electron chi connectivity index (χ2n) is 11.6. The summed E-state index contributed by atoms with van der Waals surface area (Å²) in [5.74, 6) is 1.80. The van der Waals surface area contributed by atoms with Crippen molar-refractivity contribution in [2.45, 2.75) is 0 Å². The molecule has 0 aliphatic rings. The maximum Gasteiger partial charge on any atom is 0.220 e. The van der Waals surface area contributed by atoms with Crippen molar-refractivity contribution in [2.75, 3.05) is 0 Å². The molecule has 0 aliphatic heterocycles. The van der Waals surface area contributed by atoms with Gasteiger partial charge in [-0.1, -0.05) is 146 Å². The van der Waals surface area contributed by atoms with E-state index in [-0.39, 0.29) is 0 Å². The fourth-order valence-electron chi connectivity index (χ4n) is 6.27. The first-order valence-corrected chi connectivity index (χ1v) is 15.8. The highest BCUT2D eigenvalue weighted by molar-refractivity contribution is 6.24. The molecule has 0 saturated heterocycles. The molecule has 0 saturated carbocycles. The molecule has 9 aromatic rings. The molecular formula is C42H26N6. The van der Waals surface area contributed by atoms with E-state index in [4.69, 9.17) is 25.0 Å². The number of nitrogens with zero attached hydrogens (tertiary/aromatic N) is 6. The van der Waals surface area contributed by atoms with Crippen LogP contribution in [0.1, 0.15) is 0 Å². The molecule has 0 N–H and O–H groups in total. The van der Waals surface area contributed by atoms with E-state index in [1.165, 1.54) is 0 Å². The first kappa shape index (κ1) is 27.6. The van der Waals surface area contributed by atoms with Crippen LogP contribution in [0.15, 0.2) is 158 Å². The Morgan fingerprint density at radius 1 is 0.250 bits per heavy atom. The predicted octanol–water partition coefficient (Wildman–Crippen LogP) is 9.85. The number of hydrogen-bond donors (Lipinski definition) is 0. The Bertz CT molecular complexity index is 2530. The average Bonchev–Trinajstić information content (AvgIpc) is 3.18. The lowest BCUT2D eigenvalue weighted by atomic mass is 9.93. The molecule has 0 unspecified atom stereocenters. The van der Waals surface area contributed by atoms with Gasteiger partial charge in [0.2, 0.25) is 11.6 Å². The standard InChI is InChI=1S/C42H26N6/c1-5-13-27(14-6-1)31-21-23-33-35(25-31)36-26-32(28-15-7-2-8-16-28)22-24-34(36)38-37(33)43-42(48-47-38)41-45-39(29-17-9-3-10-18-29)44-40(46-41)30-19-11-4-12-20-30/h1-26H. The van der Waals surface area contributed by atoms with Crippen LogP contribution in [-0.4, -0.2) is 30.1 Å². The topological polar surface area (TPSA) is 77.3 Å². The highest BCUT2D eigenvalue weighted by atomic mass is 15.2. The van der Waals surface area contributed by atoms with Crippen molar-refractivity contribution >= 4 is 32.6 Å². The molecule has 7 aromatic carbocycles. The molecule has 0 bridgehead atoms. The summed E-state index contributed by atoms with van der Waals surface area (Å²) in [7, 11) is 0. The number of fused-ring (bicyclic) bond motifs is 6. The Labute approximate surface area is 276 Å². The van der Waals surface area contributed by atoms with Crippen LogP contribution >= 0.6 is 0 Å². The third-order valence-electron chi connectivity index (χ3n) is 8.64. The molecule has 48 heavy (non-hydrogen) atoms. The Hall–Kier alpha value is -6.66. The monoisotopic (exact) mass is 614 g/mol. The molecule has 0 radical (unpaired) electrons. The minimum absolute atomic E-state index is 0.341. The third kappa shape index (κ3) is 4.93. The van der Waals surface area contributed by atoms with Crippen molar-refractivity contribution in [1.82, 2.24) is 30.1 Å². The van der Waals surface area contributed by atoms with Gasteiger partial charge >= 0.3 is 0 Å². The van der Waals surface area contributed by atoms with Crippen LogP contribution in [0.2, 0.25) is 0 Å². The molecule has 0 spiro atoms. The second-order valence-corrected chi connectivity index (χ2v) is 11.6. The van der Waals surface area contributed by atoms with Crippen LogP contribution in [0.4, 0.5) is 0 Å². The summed E-state index contributed by atoms with van der Waals surface area (Å²) in [6.07, 6.45) is 0. The summed E-state index contributed by atoms with van der Waals surface area (Å²) in [4.78, 5) is 19.7. The van der Waals surface area contributed by atoms with E-state index in [1.807, 2.05) is 72.8 Å². The summed E-state index contributed by atoms with van der Waals surface area (Å²) < 4.78 is 0. The first-order chi connectivity index (χ1) is 23.8. The number of hydrogen-bond acceptors (Lipinski definition) is 6. The van der Waals surface area contributed by atoms with Crippen LogP contribution in [0, 0.1) is 0 Å². The highest BCUT2D eigenvalue weighted by Crippen LogP contribution is 2.38. The molecule has 0 atom stereocenters. The van der Waals surface area contributed by atoms with Gasteiger partial charge in [0.05, 0.1) is 0 Å². The molecule has 0 amide bonds. The van der Waals surface area contributed by atoms with E-state index in [9.17, 15) is 0 Å². The van der Waals surface area contributed by atoms with Gasteiger partial charge in [0, 0.05) is 21.9 Å². The fourth-order valence-corrected chi connectivity index (χ4v) is 6.27. The highest BCUT2D eigenvalue weighted by Gasteiger charge is 2.18. The number of rotatable bonds is 5. The largest absolute Gasteiger partial charge is 0.221 e. The minimum atomic E-state index is 0.341. The smallest absolute Gasteiger partial charge is 0.220 e. The summed E-state index contributed by atoms with van der Waals surface area (Å²) >= 11 is 0. The molecule has 0 fully saturated rings. The maximum absolute atomic E-state index is 5.15. The Kier molecular flexibility index (Phi) is 6.68. The van der Waals surface area contributed by atoms with E-state index in [0.29, 0.717) is 23.3 Å². The van der Waals surface area contributed by atoms with Crippen molar-refractivity contribution < 1.29 is 0 Å².